The number of rotatable bonds is 4. The Kier molecular flexibility index (Phi) is 4.26. The quantitative estimate of drug-likeness (QED) is 0.940. The average Bonchev–Trinajstić information content (AvgIpc) is 2.47. The van der Waals surface area contributed by atoms with Gasteiger partial charge in [-0.05, 0) is 35.7 Å². The Labute approximate surface area is 119 Å². The van der Waals surface area contributed by atoms with Gasteiger partial charge in [0.25, 0.3) is 0 Å². The summed E-state index contributed by atoms with van der Waals surface area (Å²) < 4.78 is 24.8. The minimum atomic E-state index is -3.48. The van der Waals surface area contributed by atoms with Crippen molar-refractivity contribution in [3.8, 4) is 0 Å². The van der Waals surface area contributed by atoms with E-state index in [1.54, 1.807) is 54.6 Å². The molecule has 1 N–H and O–H groups in total. The summed E-state index contributed by atoms with van der Waals surface area (Å²) in [4.78, 5) is 0.514. The molecule has 0 saturated heterocycles. The van der Waals surface area contributed by atoms with Gasteiger partial charge in [-0.25, -0.2) is 8.42 Å². The van der Waals surface area contributed by atoms with Gasteiger partial charge in [0.2, 0.25) is 9.84 Å². The van der Waals surface area contributed by atoms with Crippen LogP contribution in [0, 0.1) is 5.92 Å². The van der Waals surface area contributed by atoms with Crippen LogP contribution in [0.1, 0.15) is 25.5 Å². The molecule has 0 aliphatic heterocycles. The summed E-state index contributed by atoms with van der Waals surface area (Å²) in [6.45, 7) is 3.83. The number of benzene rings is 2. The van der Waals surface area contributed by atoms with Crippen LogP contribution < -0.4 is 0 Å². The fourth-order valence-electron chi connectivity index (χ4n) is 1.96. The van der Waals surface area contributed by atoms with Gasteiger partial charge < -0.3 is 5.11 Å². The van der Waals surface area contributed by atoms with Gasteiger partial charge in [-0.2, -0.15) is 0 Å². The summed E-state index contributed by atoms with van der Waals surface area (Å²) in [7, 11) is -3.48. The standard InChI is InChI=1S/C16H18O3S/c1-12(2)16(17)13-8-10-15(11-9-13)20(18,19)14-6-4-3-5-7-14/h3-12,16-17H,1-2H3. The zero-order chi connectivity index (χ0) is 14.8. The van der Waals surface area contributed by atoms with Crippen LogP contribution in [-0.4, -0.2) is 13.5 Å². The first-order chi connectivity index (χ1) is 9.43. The Morgan fingerprint density at radius 3 is 1.85 bits per heavy atom. The zero-order valence-corrected chi connectivity index (χ0v) is 12.3. The molecule has 0 aliphatic rings. The molecule has 0 saturated carbocycles. The van der Waals surface area contributed by atoms with Crippen LogP contribution in [0.15, 0.2) is 64.4 Å². The molecular formula is C16H18O3S. The number of hydrogen-bond donors (Lipinski definition) is 1. The fraction of sp³-hybridized carbons (Fsp3) is 0.250. The summed E-state index contributed by atoms with van der Waals surface area (Å²) in [5, 5.41) is 9.96. The van der Waals surface area contributed by atoms with Gasteiger partial charge in [0.15, 0.2) is 0 Å². The highest BCUT2D eigenvalue weighted by Gasteiger charge is 2.18. The summed E-state index contributed by atoms with van der Waals surface area (Å²) in [6, 6.07) is 14.8. The van der Waals surface area contributed by atoms with E-state index in [0.717, 1.165) is 5.56 Å². The Balaban J connectivity index is 2.36. The van der Waals surface area contributed by atoms with Crippen molar-refractivity contribution in [1.82, 2.24) is 0 Å². The van der Waals surface area contributed by atoms with Crippen LogP contribution in [0.4, 0.5) is 0 Å². The largest absolute Gasteiger partial charge is 0.388 e. The second-order valence-corrected chi connectivity index (χ2v) is 7.02. The van der Waals surface area contributed by atoms with E-state index in [4.69, 9.17) is 0 Å². The lowest BCUT2D eigenvalue weighted by Crippen LogP contribution is -2.06. The third kappa shape index (κ3) is 2.92. The third-order valence-corrected chi connectivity index (χ3v) is 5.00. The first kappa shape index (κ1) is 14.8. The molecule has 0 bridgehead atoms. The Morgan fingerprint density at radius 1 is 0.850 bits per heavy atom. The van der Waals surface area contributed by atoms with E-state index >= 15 is 0 Å². The molecule has 3 nitrogen and oxygen atoms in total. The molecule has 106 valence electrons. The molecule has 1 atom stereocenters. The van der Waals surface area contributed by atoms with Crippen molar-refractivity contribution in [1.29, 1.82) is 0 Å². The van der Waals surface area contributed by atoms with Crippen molar-refractivity contribution < 1.29 is 13.5 Å². The average molecular weight is 290 g/mol. The highest BCUT2D eigenvalue weighted by Crippen LogP contribution is 2.25. The predicted octanol–water partition coefficient (Wildman–Crippen LogP) is 3.21. The monoisotopic (exact) mass is 290 g/mol. The van der Waals surface area contributed by atoms with Crippen LogP contribution in [0.5, 0.6) is 0 Å². The molecule has 0 fully saturated rings. The Hall–Kier alpha value is -1.65. The maximum Gasteiger partial charge on any atom is 0.206 e. The first-order valence-corrected chi connectivity index (χ1v) is 7.99. The lowest BCUT2D eigenvalue weighted by molar-refractivity contribution is 0.127. The summed E-state index contributed by atoms with van der Waals surface area (Å²) in [5.41, 5.74) is 0.729. The smallest absolute Gasteiger partial charge is 0.206 e. The SMILES string of the molecule is CC(C)C(O)c1ccc(S(=O)(=O)c2ccccc2)cc1. The van der Waals surface area contributed by atoms with Crippen molar-refractivity contribution in [2.24, 2.45) is 5.92 Å². The molecule has 0 aliphatic carbocycles. The van der Waals surface area contributed by atoms with E-state index in [-0.39, 0.29) is 15.7 Å². The molecule has 2 aromatic carbocycles. The van der Waals surface area contributed by atoms with E-state index in [9.17, 15) is 13.5 Å². The molecule has 0 aromatic heterocycles. The molecule has 1 unspecified atom stereocenters. The second kappa shape index (κ2) is 5.77. The maximum absolute atomic E-state index is 12.4. The molecule has 20 heavy (non-hydrogen) atoms. The fourth-order valence-corrected chi connectivity index (χ4v) is 3.25. The summed E-state index contributed by atoms with van der Waals surface area (Å²) in [5.74, 6) is 0.0894. The van der Waals surface area contributed by atoms with Gasteiger partial charge in [-0.15, -0.1) is 0 Å². The third-order valence-electron chi connectivity index (χ3n) is 3.22. The molecule has 0 spiro atoms. The normalized spacial score (nSPS) is 13.4. The van der Waals surface area contributed by atoms with Gasteiger partial charge in [0, 0.05) is 0 Å². The van der Waals surface area contributed by atoms with E-state index in [2.05, 4.69) is 0 Å². The van der Waals surface area contributed by atoms with Crippen molar-refractivity contribution >= 4 is 9.84 Å². The van der Waals surface area contributed by atoms with Crippen molar-refractivity contribution in [2.75, 3.05) is 0 Å². The van der Waals surface area contributed by atoms with Crippen LogP contribution in [-0.2, 0) is 9.84 Å². The summed E-state index contributed by atoms with van der Waals surface area (Å²) in [6.07, 6.45) is -0.580. The van der Waals surface area contributed by atoms with Crippen molar-refractivity contribution in [2.45, 2.75) is 29.7 Å². The van der Waals surface area contributed by atoms with Crippen molar-refractivity contribution in [3.63, 3.8) is 0 Å². The number of hydrogen-bond acceptors (Lipinski definition) is 3. The first-order valence-electron chi connectivity index (χ1n) is 6.51. The molecule has 4 heteroatoms. The van der Waals surface area contributed by atoms with Gasteiger partial charge in [0.1, 0.15) is 0 Å². The molecule has 0 amide bonds. The lowest BCUT2D eigenvalue weighted by Gasteiger charge is -2.15. The van der Waals surface area contributed by atoms with E-state index in [1.165, 1.54) is 0 Å². The molecule has 0 heterocycles. The topological polar surface area (TPSA) is 54.4 Å². The van der Waals surface area contributed by atoms with Gasteiger partial charge in [-0.3, -0.25) is 0 Å². The van der Waals surface area contributed by atoms with Gasteiger partial charge in [-0.1, -0.05) is 44.2 Å². The molecular weight excluding hydrogens is 272 g/mol. The molecule has 0 radical (unpaired) electrons. The minimum absolute atomic E-state index is 0.0894. The molecule has 2 aromatic rings. The van der Waals surface area contributed by atoms with Crippen LogP contribution in [0.25, 0.3) is 0 Å². The highest BCUT2D eigenvalue weighted by atomic mass is 32.2. The summed E-state index contributed by atoms with van der Waals surface area (Å²) >= 11 is 0. The van der Waals surface area contributed by atoms with Crippen LogP contribution in [0.2, 0.25) is 0 Å². The van der Waals surface area contributed by atoms with Crippen LogP contribution >= 0.6 is 0 Å². The van der Waals surface area contributed by atoms with Crippen LogP contribution in [0.3, 0.4) is 0 Å². The second-order valence-electron chi connectivity index (χ2n) is 5.07. The Bertz CT molecular complexity index is 659. The number of sulfone groups is 1. The zero-order valence-electron chi connectivity index (χ0n) is 11.5. The van der Waals surface area contributed by atoms with Gasteiger partial charge >= 0.3 is 0 Å². The highest BCUT2D eigenvalue weighted by molar-refractivity contribution is 7.91. The lowest BCUT2D eigenvalue weighted by atomic mass is 9.99. The predicted molar refractivity (Wildman–Crippen MR) is 78.1 cm³/mol. The number of aliphatic hydroxyl groups excluding tert-OH is 1. The van der Waals surface area contributed by atoms with E-state index < -0.39 is 15.9 Å². The van der Waals surface area contributed by atoms with Crippen molar-refractivity contribution in [3.05, 3.63) is 60.2 Å². The molecule has 2 rings (SSSR count). The minimum Gasteiger partial charge on any atom is -0.388 e. The van der Waals surface area contributed by atoms with E-state index in [0.29, 0.717) is 0 Å². The Morgan fingerprint density at radius 2 is 1.35 bits per heavy atom. The van der Waals surface area contributed by atoms with Gasteiger partial charge in [0.05, 0.1) is 15.9 Å². The number of aliphatic hydroxyl groups is 1. The van der Waals surface area contributed by atoms with E-state index in [1.807, 2.05) is 13.8 Å². The maximum atomic E-state index is 12.4.